The van der Waals surface area contributed by atoms with E-state index in [0.717, 1.165) is 11.5 Å². The molecule has 2 heterocycles. The van der Waals surface area contributed by atoms with Crippen molar-refractivity contribution in [2.45, 2.75) is 13.8 Å². The molecule has 2 aromatic heterocycles. The lowest BCUT2D eigenvalue weighted by atomic mass is 10.3. The summed E-state index contributed by atoms with van der Waals surface area (Å²) in [6.07, 6.45) is 2.31. The van der Waals surface area contributed by atoms with Gasteiger partial charge in [-0.15, -0.1) is 0 Å². The van der Waals surface area contributed by atoms with Crippen LogP contribution in [0.2, 0.25) is 0 Å². The summed E-state index contributed by atoms with van der Waals surface area (Å²) >= 11 is 0. The lowest BCUT2D eigenvalue weighted by Gasteiger charge is -2.01. The van der Waals surface area contributed by atoms with Crippen LogP contribution >= 0.6 is 0 Å². The Morgan fingerprint density at radius 2 is 2.13 bits per heavy atom. The highest BCUT2D eigenvalue weighted by Gasteiger charge is 2.04. The fraction of sp³-hybridized carbons (Fsp3) is 0.200. The second kappa shape index (κ2) is 3.61. The van der Waals surface area contributed by atoms with Gasteiger partial charge in [-0.05, 0) is 26.0 Å². The summed E-state index contributed by atoms with van der Waals surface area (Å²) in [5.41, 5.74) is 1.21. The Bertz CT molecular complexity index is 487. The van der Waals surface area contributed by atoms with Crippen molar-refractivity contribution in [3.63, 3.8) is 0 Å². The van der Waals surface area contributed by atoms with E-state index >= 15 is 0 Å². The largest absolute Gasteiger partial charge is 0.296 e. The molecule has 0 N–H and O–H groups in total. The molecular formula is C10H10N4O. The first-order valence-corrected chi connectivity index (χ1v) is 4.52. The standard InChI is InChI=1S/C10H10N4O/c1-7-12-8(2)14(13-7)10-4-3-9(6-15)11-5-10/h3-6H,1-2H3. The van der Waals surface area contributed by atoms with Crippen LogP contribution in [-0.4, -0.2) is 26.0 Å². The number of hydrogen-bond acceptors (Lipinski definition) is 4. The Kier molecular flexibility index (Phi) is 2.29. The average molecular weight is 202 g/mol. The van der Waals surface area contributed by atoms with Gasteiger partial charge in [0.15, 0.2) is 6.29 Å². The molecule has 0 atom stereocenters. The van der Waals surface area contributed by atoms with Crippen LogP contribution in [0.3, 0.4) is 0 Å². The molecule has 0 saturated heterocycles. The van der Waals surface area contributed by atoms with Crippen molar-refractivity contribution in [3.8, 4) is 5.69 Å². The van der Waals surface area contributed by atoms with E-state index in [2.05, 4.69) is 15.1 Å². The highest BCUT2D eigenvalue weighted by molar-refractivity contribution is 5.71. The number of aromatic nitrogens is 4. The highest BCUT2D eigenvalue weighted by atomic mass is 16.1. The van der Waals surface area contributed by atoms with Crippen molar-refractivity contribution in [1.29, 1.82) is 0 Å². The second-order valence-corrected chi connectivity index (χ2v) is 3.18. The van der Waals surface area contributed by atoms with Crippen LogP contribution < -0.4 is 0 Å². The number of rotatable bonds is 2. The van der Waals surface area contributed by atoms with Gasteiger partial charge in [-0.25, -0.2) is 9.67 Å². The van der Waals surface area contributed by atoms with E-state index in [4.69, 9.17) is 0 Å². The van der Waals surface area contributed by atoms with E-state index in [1.54, 1.807) is 23.0 Å². The van der Waals surface area contributed by atoms with Crippen molar-refractivity contribution < 1.29 is 4.79 Å². The molecule has 5 nitrogen and oxygen atoms in total. The van der Waals surface area contributed by atoms with Crippen molar-refractivity contribution in [2.24, 2.45) is 0 Å². The predicted octanol–water partition coefficient (Wildman–Crippen LogP) is 1.09. The Morgan fingerprint density at radius 3 is 2.60 bits per heavy atom. The number of carbonyl (C=O) groups excluding carboxylic acids is 1. The van der Waals surface area contributed by atoms with Gasteiger partial charge in [-0.1, -0.05) is 0 Å². The summed E-state index contributed by atoms with van der Waals surface area (Å²) in [6, 6.07) is 3.44. The lowest BCUT2D eigenvalue weighted by Crippen LogP contribution is -2.00. The normalized spacial score (nSPS) is 10.3. The summed E-state index contributed by atoms with van der Waals surface area (Å²) in [4.78, 5) is 18.6. The molecule has 0 fully saturated rings. The Labute approximate surface area is 86.8 Å². The van der Waals surface area contributed by atoms with Crippen LogP contribution in [0.1, 0.15) is 22.1 Å². The van der Waals surface area contributed by atoms with Gasteiger partial charge in [0.25, 0.3) is 0 Å². The molecule has 5 heteroatoms. The van der Waals surface area contributed by atoms with Crippen molar-refractivity contribution in [1.82, 2.24) is 19.7 Å². The molecule has 0 radical (unpaired) electrons. The summed E-state index contributed by atoms with van der Waals surface area (Å²) < 4.78 is 1.69. The lowest BCUT2D eigenvalue weighted by molar-refractivity contribution is 0.111. The zero-order valence-corrected chi connectivity index (χ0v) is 8.51. The van der Waals surface area contributed by atoms with Crippen molar-refractivity contribution in [3.05, 3.63) is 35.7 Å². The molecule has 0 saturated carbocycles. The second-order valence-electron chi connectivity index (χ2n) is 3.18. The first-order chi connectivity index (χ1) is 7.20. The number of aldehydes is 1. The van der Waals surface area contributed by atoms with Gasteiger partial charge in [0, 0.05) is 0 Å². The van der Waals surface area contributed by atoms with E-state index in [1.165, 1.54) is 0 Å². The van der Waals surface area contributed by atoms with Crippen molar-refractivity contribution >= 4 is 6.29 Å². The molecule has 0 bridgehead atoms. The fourth-order valence-electron chi connectivity index (χ4n) is 1.36. The molecule has 2 rings (SSSR count). The van der Waals surface area contributed by atoms with E-state index < -0.39 is 0 Å². The minimum Gasteiger partial charge on any atom is -0.296 e. The molecule has 0 spiro atoms. The van der Waals surface area contributed by atoms with Crippen molar-refractivity contribution in [2.75, 3.05) is 0 Å². The molecule has 0 aromatic carbocycles. The van der Waals surface area contributed by atoms with E-state index in [-0.39, 0.29) is 0 Å². The monoisotopic (exact) mass is 202 g/mol. The maximum absolute atomic E-state index is 10.4. The minimum absolute atomic E-state index is 0.410. The van der Waals surface area contributed by atoms with Gasteiger partial charge in [-0.2, -0.15) is 5.10 Å². The van der Waals surface area contributed by atoms with E-state index in [0.29, 0.717) is 17.8 Å². The topological polar surface area (TPSA) is 60.7 Å². The van der Waals surface area contributed by atoms with Gasteiger partial charge >= 0.3 is 0 Å². The quantitative estimate of drug-likeness (QED) is 0.684. The van der Waals surface area contributed by atoms with Crippen LogP contribution in [0.4, 0.5) is 0 Å². The van der Waals surface area contributed by atoms with E-state index in [1.807, 2.05) is 13.8 Å². The van der Waals surface area contributed by atoms with E-state index in [9.17, 15) is 4.79 Å². The fourth-order valence-corrected chi connectivity index (χ4v) is 1.36. The molecular weight excluding hydrogens is 192 g/mol. The third-order valence-electron chi connectivity index (χ3n) is 2.01. The van der Waals surface area contributed by atoms with Crippen LogP contribution in [-0.2, 0) is 0 Å². The smallest absolute Gasteiger partial charge is 0.168 e. The number of carbonyl (C=O) groups is 1. The number of aryl methyl sites for hydroxylation is 2. The van der Waals surface area contributed by atoms with Crippen LogP contribution in [0, 0.1) is 13.8 Å². The number of nitrogens with zero attached hydrogens (tertiary/aromatic N) is 4. The van der Waals surface area contributed by atoms with Gasteiger partial charge in [0.1, 0.15) is 17.3 Å². The minimum atomic E-state index is 0.410. The molecule has 0 aliphatic heterocycles. The first kappa shape index (κ1) is 9.51. The van der Waals surface area contributed by atoms with Gasteiger partial charge in [0.2, 0.25) is 0 Å². The maximum Gasteiger partial charge on any atom is 0.168 e. The molecule has 2 aromatic rings. The molecule has 0 amide bonds. The summed E-state index contributed by atoms with van der Waals surface area (Å²) in [5, 5.41) is 4.21. The summed E-state index contributed by atoms with van der Waals surface area (Å²) in [6.45, 7) is 3.70. The molecule has 0 unspecified atom stereocenters. The third-order valence-corrected chi connectivity index (χ3v) is 2.01. The summed E-state index contributed by atoms with van der Waals surface area (Å²) in [7, 11) is 0. The Morgan fingerprint density at radius 1 is 1.33 bits per heavy atom. The third kappa shape index (κ3) is 1.76. The van der Waals surface area contributed by atoms with Gasteiger partial charge in [-0.3, -0.25) is 9.78 Å². The highest BCUT2D eigenvalue weighted by Crippen LogP contribution is 2.07. The zero-order valence-electron chi connectivity index (χ0n) is 8.51. The SMILES string of the molecule is Cc1nc(C)n(-c2ccc(C=O)nc2)n1. The molecule has 76 valence electrons. The van der Waals surface area contributed by atoms with Crippen LogP contribution in [0.25, 0.3) is 5.69 Å². The predicted molar refractivity (Wildman–Crippen MR) is 54.0 cm³/mol. The Balaban J connectivity index is 2.45. The number of hydrogen-bond donors (Lipinski definition) is 0. The average Bonchev–Trinajstić information content (AvgIpc) is 2.58. The van der Waals surface area contributed by atoms with Gasteiger partial charge in [0.05, 0.1) is 11.9 Å². The Hall–Kier alpha value is -2.04. The van der Waals surface area contributed by atoms with Crippen LogP contribution in [0.5, 0.6) is 0 Å². The summed E-state index contributed by atoms with van der Waals surface area (Å²) in [5.74, 6) is 1.51. The number of pyridine rings is 1. The molecule has 0 aliphatic rings. The van der Waals surface area contributed by atoms with Crippen LogP contribution in [0.15, 0.2) is 18.3 Å². The first-order valence-electron chi connectivity index (χ1n) is 4.52. The van der Waals surface area contributed by atoms with Gasteiger partial charge < -0.3 is 0 Å². The molecule has 0 aliphatic carbocycles. The maximum atomic E-state index is 10.4. The molecule has 15 heavy (non-hydrogen) atoms. The zero-order chi connectivity index (χ0) is 10.8.